The van der Waals surface area contributed by atoms with E-state index in [1.165, 1.54) is 6.26 Å². The number of nitrogens with one attached hydrogen (secondary N) is 2. The van der Waals surface area contributed by atoms with Gasteiger partial charge in [0.2, 0.25) is 5.95 Å². The van der Waals surface area contributed by atoms with Crippen LogP contribution >= 0.6 is 0 Å². The van der Waals surface area contributed by atoms with Crippen LogP contribution in [0.3, 0.4) is 0 Å². The summed E-state index contributed by atoms with van der Waals surface area (Å²) in [6.45, 7) is 3.39. The van der Waals surface area contributed by atoms with E-state index in [1.54, 1.807) is 6.07 Å². The van der Waals surface area contributed by atoms with Crippen molar-refractivity contribution >= 4 is 27.4 Å². The molecule has 1 aromatic heterocycles. The Bertz CT molecular complexity index is 504. The van der Waals surface area contributed by atoms with E-state index in [0.29, 0.717) is 24.6 Å². The van der Waals surface area contributed by atoms with Crippen molar-refractivity contribution in [2.75, 3.05) is 41.5 Å². The molecule has 0 unspecified atom stereocenters. The standard InChI is InChI=1S/C11H21N5O2S/c1-3-5-13-9-8-10(16-11(12)15-9)14-6-4-7-19(2,17)18/h8H,3-7H2,1-2H3,(H4,12,13,14,15,16). The normalized spacial score (nSPS) is 11.3. The summed E-state index contributed by atoms with van der Waals surface area (Å²) in [5, 5.41) is 6.16. The molecule has 0 spiro atoms. The van der Waals surface area contributed by atoms with Crippen molar-refractivity contribution < 1.29 is 8.42 Å². The molecule has 8 heteroatoms. The predicted molar refractivity (Wildman–Crippen MR) is 78.0 cm³/mol. The first-order valence-electron chi connectivity index (χ1n) is 6.20. The molecule has 0 saturated carbocycles. The van der Waals surface area contributed by atoms with Crippen LogP contribution in [0.25, 0.3) is 0 Å². The minimum Gasteiger partial charge on any atom is -0.370 e. The molecule has 1 heterocycles. The van der Waals surface area contributed by atoms with E-state index in [9.17, 15) is 8.42 Å². The van der Waals surface area contributed by atoms with E-state index in [-0.39, 0.29) is 11.7 Å². The number of sulfone groups is 1. The maximum absolute atomic E-state index is 11.0. The van der Waals surface area contributed by atoms with Crippen LogP contribution in [-0.4, -0.2) is 43.5 Å². The number of nitrogens with zero attached hydrogens (tertiary/aromatic N) is 2. The number of nitrogens with two attached hydrogens (primary N) is 1. The largest absolute Gasteiger partial charge is 0.370 e. The van der Waals surface area contributed by atoms with Gasteiger partial charge in [0.05, 0.1) is 5.75 Å². The second-order valence-corrected chi connectivity index (χ2v) is 6.59. The third-order valence-corrected chi connectivity index (χ3v) is 3.33. The minimum atomic E-state index is -2.92. The zero-order valence-corrected chi connectivity index (χ0v) is 12.1. The zero-order valence-electron chi connectivity index (χ0n) is 11.3. The monoisotopic (exact) mass is 287 g/mol. The fraction of sp³-hybridized carbons (Fsp3) is 0.636. The zero-order chi connectivity index (χ0) is 14.3. The van der Waals surface area contributed by atoms with Gasteiger partial charge in [0.15, 0.2) is 0 Å². The molecule has 1 aromatic rings. The second-order valence-electron chi connectivity index (χ2n) is 4.33. The van der Waals surface area contributed by atoms with Crippen molar-refractivity contribution in [1.29, 1.82) is 0 Å². The van der Waals surface area contributed by atoms with Crippen molar-refractivity contribution in [2.24, 2.45) is 0 Å². The molecule has 0 saturated heterocycles. The van der Waals surface area contributed by atoms with Gasteiger partial charge in [-0.3, -0.25) is 0 Å². The van der Waals surface area contributed by atoms with Crippen LogP contribution in [0.1, 0.15) is 19.8 Å². The van der Waals surface area contributed by atoms with E-state index in [0.717, 1.165) is 13.0 Å². The summed E-state index contributed by atoms with van der Waals surface area (Å²) < 4.78 is 22.0. The lowest BCUT2D eigenvalue weighted by Gasteiger charge is -2.09. The molecule has 0 amide bonds. The van der Waals surface area contributed by atoms with E-state index in [2.05, 4.69) is 27.5 Å². The molecule has 0 radical (unpaired) electrons. The highest BCUT2D eigenvalue weighted by molar-refractivity contribution is 7.90. The fourth-order valence-corrected chi connectivity index (χ4v) is 2.12. The summed E-state index contributed by atoms with van der Waals surface area (Å²) in [5.41, 5.74) is 5.61. The van der Waals surface area contributed by atoms with E-state index in [1.807, 2.05) is 0 Å². The molecule has 19 heavy (non-hydrogen) atoms. The first-order chi connectivity index (χ1) is 8.90. The topological polar surface area (TPSA) is 110 Å². The molecule has 108 valence electrons. The van der Waals surface area contributed by atoms with Crippen molar-refractivity contribution in [2.45, 2.75) is 19.8 Å². The molecule has 0 bridgehead atoms. The number of hydrogen-bond donors (Lipinski definition) is 3. The van der Waals surface area contributed by atoms with Gasteiger partial charge in [0.1, 0.15) is 21.5 Å². The highest BCUT2D eigenvalue weighted by Crippen LogP contribution is 2.12. The Kier molecular flexibility index (Phi) is 5.81. The molecule has 0 aliphatic heterocycles. The number of aromatic nitrogens is 2. The Morgan fingerprint density at radius 3 is 2.32 bits per heavy atom. The highest BCUT2D eigenvalue weighted by Gasteiger charge is 2.04. The quantitative estimate of drug-likeness (QED) is 0.604. The Balaban J connectivity index is 2.51. The molecule has 0 aliphatic carbocycles. The molecule has 7 nitrogen and oxygen atoms in total. The molecule has 0 aromatic carbocycles. The van der Waals surface area contributed by atoms with Gasteiger partial charge in [0, 0.05) is 25.4 Å². The summed E-state index contributed by atoms with van der Waals surface area (Å²) in [4.78, 5) is 8.10. The van der Waals surface area contributed by atoms with E-state index >= 15 is 0 Å². The van der Waals surface area contributed by atoms with Gasteiger partial charge in [-0.05, 0) is 12.8 Å². The maximum atomic E-state index is 11.0. The van der Waals surface area contributed by atoms with Crippen molar-refractivity contribution in [1.82, 2.24) is 9.97 Å². The Morgan fingerprint density at radius 2 is 1.79 bits per heavy atom. The Hall–Kier alpha value is -1.57. The van der Waals surface area contributed by atoms with Gasteiger partial charge in [-0.1, -0.05) is 6.92 Å². The lowest BCUT2D eigenvalue weighted by atomic mass is 10.4. The highest BCUT2D eigenvalue weighted by atomic mass is 32.2. The van der Waals surface area contributed by atoms with Crippen LogP contribution in [0.4, 0.5) is 17.6 Å². The number of anilines is 3. The maximum Gasteiger partial charge on any atom is 0.223 e. The van der Waals surface area contributed by atoms with Crippen LogP contribution in [0, 0.1) is 0 Å². The van der Waals surface area contributed by atoms with Crippen LogP contribution < -0.4 is 16.4 Å². The fourth-order valence-electron chi connectivity index (χ4n) is 1.45. The van der Waals surface area contributed by atoms with Crippen LogP contribution in [0.5, 0.6) is 0 Å². The predicted octanol–water partition coefficient (Wildman–Crippen LogP) is 0.727. The average Bonchev–Trinajstić information content (AvgIpc) is 2.30. The molecule has 0 atom stereocenters. The number of hydrogen-bond acceptors (Lipinski definition) is 7. The van der Waals surface area contributed by atoms with Crippen molar-refractivity contribution in [3.8, 4) is 0 Å². The average molecular weight is 287 g/mol. The Morgan fingerprint density at radius 1 is 1.21 bits per heavy atom. The number of nitrogen functional groups attached to an aromatic ring is 1. The summed E-state index contributed by atoms with van der Waals surface area (Å²) in [6.07, 6.45) is 2.74. The van der Waals surface area contributed by atoms with Gasteiger partial charge < -0.3 is 16.4 Å². The molecular formula is C11H21N5O2S. The van der Waals surface area contributed by atoms with Crippen LogP contribution in [-0.2, 0) is 9.84 Å². The lowest BCUT2D eigenvalue weighted by Crippen LogP contribution is -2.12. The summed E-state index contributed by atoms with van der Waals surface area (Å²) in [7, 11) is -2.92. The third kappa shape index (κ3) is 6.80. The summed E-state index contributed by atoms with van der Waals surface area (Å²) in [5.74, 6) is 1.60. The first-order valence-corrected chi connectivity index (χ1v) is 8.27. The van der Waals surface area contributed by atoms with Gasteiger partial charge in [-0.2, -0.15) is 9.97 Å². The molecule has 4 N–H and O–H groups in total. The second kappa shape index (κ2) is 7.13. The van der Waals surface area contributed by atoms with Crippen molar-refractivity contribution in [3.63, 3.8) is 0 Å². The van der Waals surface area contributed by atoms with Gasteiger partial charge in [-0.15, -0.1) is 0 Å². The van der Waals surface area contributed by atoms with E-state index < -0.39 is 9.84 Å². The summed E-state index contributed by atoms with van der Waals surface area (Å²) in [6, 6.07) is 1.76. The van der Waals surface area contributed by atoms with Gasteiger partial charge in [0.25, 0.3) is 0 Å². The smallest absolute Gasteiger partial charge is 0.223 e. The molecule has 0 aliphatic rings. The SMILES string of the molecule is CCCNc1cc(NCCCS(C)(=O)=O)nc(N)n1. The first kappa shape index (κ1) is 15.5. The molecule has 0 fully saturated rings. The van der Waals surface area contributed by atoms with E-state index in [4.69, 9.17) is 5.73 Å². The van der Waals surface area contributed by atoms with Gasteiger partial charge in [-0.25, -0.2) is 8.42 Å². The minimum absolute atomic E-state index is 0.154. The summed E-state index contributed by atoms with van der Waals surface area (Å²) >= 11 is 0. The van der Waals surface area contributed by atoms with Crippen LogP contribution in [0.15, 0.2) is 6.07 Å². The number of rotatable bonds is 8. The van der Waals surface area contributed by atoms with Crippen LogP contribution in [0.2, 0.25) is 0 Å². The molecule has 1 rings (SSSR count). The molecular weight excluding hydrogens is 266 g/mol. The van der Waals surface area contributed by atoms with Crippen molar-refractivity contribution in [3.05, 3.63) is 6.07 Å². The van der Waals surface area contributed by atoms with Gasteiger partial charge >= 0.3 is 0 Å². The third-order valence-electron chi connectivity index (χ3n) is 2.30. The Labute approximate surface area is 113 Å². The lowest BCUT2D eigenvalue weighted by molar-refractivity contribution is 0.600.